The summed E-state index contributed by atoms with van der Waals surface area (Å²) in [5.74, 6) is -4.89. The Labute approximate surface area is 437 Å². The van der Waals surface area contributed by atoms with Crippen molar-refractivity contribution >= 4 is 11.0 Å². The predicted molar refractivity (Wildman–Crippen MR) is 281 cm³/mol. The molecule has 0 saturated heterocycles. The Balaban J connectivity index is 1.62. The Morgan fingerprint density at radius 1 is 0.606 bits per heavy atom. The van der Waals surface area contributed by atoms with Crippen molar-refractivity contribution in [3.63, 3.8) is 0 Å². The number of para-hydroxylation sites is 1. The average Bonchev–Trinajstić information content (AvgIpc) is 0.815. The minimum atomic E-state index is -4.33. The molecular weight excluding hydrogens is 803 g/mol. The molecule has 2 aromatic heterocycles. The monoisotopic (exact) mass is 902 g/mol. The molecule has 4 heteroatoms. The van der Waals surface area contributed by atoms with E-state index in [1.54, 1.807) is 70.2 Å². The smallest absolute Gasteiger partial charge is 0.149 e. The van der Waals surface area contributed by atoms with E-state index < -0.39 is 146 Å². The van der Waals surface area contributed by atoms with Gasteiger partial charge in [0, 0.05) is 58.5 Å². The number of phenols is 1. The Morgan fingerprint density at radius 3 is 1.94 bits per heavy atom. The van der Waals surface area contributed by atoms with E-state index in [1.165, 1.54) is 48.7 Å². The first-order chi connectivity index (χ1) is 43.2. The van der Waals surface area contributed by atoms with Crippen LogP contribution in [0.2, 0.25) is 0 Å². The molecule has 8 aromatic rings. The van der Waals surface area contributed by atoms with E-state index in [9.17, 15) is 9.22 Å². The zero-order chi connectivity index (χ0) is 72.9. The number of aryl methyl sites for hydroxylation is 1. The highest BCUT2D eigenvalue weighted by Gasteiger charge is 2.29. The van der Waals surface area contributed by atoms with Crippen molar-refractivity contribution in [2.24, 2.45) is 0 Å². The van der Waals surface area contributed by atoms with Gasteiger partial charge in [-0.05, 0) is 146 Å². The number of benzene rings is 6. The van der Waals surface area contributed by atoms with Gasteiger partial charge in [-0.15, -0.1) is 0 Å². The molecule has 0 atom stereocenters. The third kappa shape index (κ3) is 9.12. The summed E-state index contributed by atoms with van der Waals surface area (Å²) < 4.78 is 264. The molecule has 2 heterocycles. The topological polar surface area (TPSA) is 50.9 Å². The van der Waals surface area contributed by atoms with Gasteiger partial charge in [0.2, 0.25) is 0 Å². The lowest BCUT2D eigenvalue weighted by Crippen LogP contribution is -2.17. The second-order valence-corrected chi connectivity index (χ2v) is 18.1. The Morgan fingerprint density at radius 2 is 1.29 bits per heavy atom. The molecule has 338 valence electrons. The molecule has 1 N–H and O–H groups in total. The molecule has 0 aliphatic carbocycles. The van der Waals surface area contributed by atoms with E-state index in [0.717, 1.165) is 4.57 Å². The molecule has 8 rings (SSSR count). The second-order valence-electron chi connectivity index (χ2n) is 18.1. The van der Waals surface area contributed by atoms with Gasteiger partial charge in [-0.3, -0.25) is 9.55 Å². The van der Waals surface area contributed by atoms with Gasteiger partial charge in [0.15, 0.2) is 0 Å². The zero-order valence-electron chi connectivity index (χ0n) is 67.6. The van der Waals surface area contributed by atoms with E-state index in [1.807, 2.05) is 20.8 Å². The summed E-state index contributed by atoms with van der Waals surface area (Å²) in [5.41, 5.74) is -12.5. The molecule has 0 radical (unpaired) electrons. The molecule has 0 saturated carbocycles. The molecule has 0 fully saturated rings. The van der Waals surface area contributed by atoms with Crippen molar-refractivity contribution < 1.29 is 46.2 Å². The van der Waals surface area contributed by atoms with Crippen molar-refractivity contribution in [2.75, 3.05) is 0 Å². The van der Waals surface area contributed by atoms with Crippen LogP contribution in [-0.2, 0) is 16.2 Å². The van der Waals surface area contributed by atoms with Crippen LogP contribution in [0.1, 0.15) is 181 Å². The minimum absolute atomic E-state index is 0.104. The van der Waals surface area contributed by atoms with E-state index in [4.69, 9.17) is 42.0 Å². The summed E-state index contributed by atoms with van der Waals surface area (Å²) in [7, 11) is 0. The largest absolute Gasteiger partial charge is 0.507 e. The Kier molecular flexibility index (Phi) is 5.74. The molecular formula is C62H69N3O. The number of imidazole rings is 1. The lowest BCUT2D eigenvalue weighted by atomic mass is 9.79. The van der Waals surface area contributed by atoms with Crippen LogP contribution in [0.5, 0.6) is 5.75 Å². The zero-order valence-corrected chi connectivity index (χ0v) is 37.6. The van der Waals surface area contributed by atoms with Gasteiger partial charge in [-0.1, -0.05) is 168 Å². The summed E-state index contributed by atoms with van der Waals surface area (Å²) in [6, 6.07) is 19.2. The Hall–Kier alpha value is -6.26. The van der Waals surface area contributed by atoms with Crippen LogP contribution < -0.4 is 0 Å². The number of aromatic hydroxyl groups is 1. The van der Waals surface area contributed by atoms with Crippen LogP contribution in [0, 0.1) is 13.7 Å². The van der Waals surface area contributed by atoms with E-state index >= 15 is 0 Å². The maximum Gasteiger partial charge on any atom is 0.149 e. The lowest BCUT2D eigenvalue weighted by molar-refractivity contribution is 0.446. The maximum absolute atomic E-state index is 13.1. The number of hydrogen-bond donors (Lipinski definition) is 1. The average molecular weight is 902 g/mol. The van der Waals surface area contributed by atoms with Crippen LogP contribution in [0.15, 0.2) is 127 Å². The first kappa shape index (κ1) is 22.0. The van der Waals surface area contributed by atoms with Crippen LogP contribution in [0.3, 0.4) is 0 Å². The molecule has 0 unspecified atom stereocenters. The molecule has 6 aromatic carbocycles. The number of rotatable bonds is 8. The van der Waals surface area contributed by atoms with E-state index in [0.29, 0.717) is 33.9 Å². The van der Waals surface area contributed by atoms with Crippen molar-refractivity contribution in [2.45, 2.75) is 131 Å². The highest BCUT2D eigenvalue weighted by Crippen LogP contribution is 2.45. The molecule has 0 aliphatic rings. The normalized spacial score (nSPS) is 21.0. The summed E-state index contributed by atoms with van der Waals surface area (Å²) in [6.45, 7) is -19.7. The van der Waals surface area contributed by atoms with Crippen LogP contribution in [0.4, 0.5) is 0 Å². The number of fused-ring (bicyclic) bond motifs is 1. The lowest BCUT2D eigenvalue weighted by Gasteiger charge is -2.27. The van der Waals surface area contributed by atoms with Crippen LogP contribution >= 0.6 is 0 Å². The van der Waals surface area contributed by atoms with Gasteiger partial charge in [-0.2, -0.15) is 0 Å². The van der Waals surface area contributed by atoms with E-state index in [-0.39, 0.29) is 56.3 Å². The van der Waals surface area contributed by atoms with Gasteiger partial charge in [0.05, 0.1) is 33.5 Å². The summed E-state index contributed by atoms with van der Waals surface area (Å²) in [5, 5.41) is 13.1. The van der Waals surface area contributed by atoms with Crippen LogP contribution in [-0.4, -0.2) is 19.6 Å². The summed E-state index contributed by atoms with van der Waals surface area (Å²) in [4.78, 5) is 9.62. The predicted octanol–water partition coefficient (Wildman–Crippen LogP) is 17.2. The van der Waals surface area contributed by atoms with Gasteiger partial charge in [-0.25, -0.2) is 4.98 Å². The fourth-order valence-corrected chi connectivity index (χ4v) is 7.91. The maximum atomic E-state index is 13.1. The molecule has 0 amide bonds. The van der Waals surface area contributed by atoms with Gasteiger partial charge in [0.25, 0.3) is 0 Å². The molecule has 0 spiro atoms. The number of aromatic nitrogens is 3. The molecule has 66 heavy (non-hydrogen) atoms. The minimum Gasteiger partial charge on any atom is -0.507 e. The summed E-state index contributed by atoms with van der Waals surface area (Å²) >= 11 is 0. The quantitative estimate of drug-likeness (QED) is 0.165. The van der Waals surface area contributed by atoms with Gasteiger partial charge < -0.3 is 5.11 Å². The molecule has 4 nitrogen and oxygen atoms in total. The molecule has 0 aliphatic heterocycles. The van der Waals surface area contributed by atoms with Crippen molar-refractivity contribution in [3.8, 4) is 67.5 Å². The first-order valence-corrected chi connectivity index (χ1v) is 21.1. The fourth-order valence-electron chi connectivity index (χ4n) is 7.91. The van der Waals surface area contributed by atoms with E-state index in [2.05, 4.69) is 4.98 Å². The van der Waals surface area contributed by atoms with Crippen molar-refractivity contribution in [1.82, 2.24) is 14.5 Å². The number of hydrogen-bond acceptors (Lipinski definition) is 3. The third-order valence-electron chi connectivity index (χ3n) is 11.6. The van der Waals surface area contributed by atoms with Crippen LogP contribution in [0.25, 0.3) is 72.7 Å². The standard InChI is InChI=1S/C62H69N3O/c1-37(2)44-28-45(38(3)4)30-46(29-44)42-23-24-55(40(6)27-42)65-56-18-16-17-51(57(56)64-59(65)52-35-50(61(10,11)12)36-53(58(52)66)62(13,14)15)47-31-48(33-49(32-47)60(7,8)9)54-34-43(25-26-63-54)41-21-19-39(5)20-22-41/h16-38,66H,1-15H3/i5D3,6D3,10D3,11D3,12D3,13D3,14D3,15D3,19D,20D,21D,22D,37D,38D. The van der Waals surface area contributed by atoms with Gasteiger partial charge in [0.1, 0.15) is 11.6 Å². The summed E-state index contributed by atoms with van der Waals surface area (Å²) in [6.07, 6.45) is 1.33. The molecule has 0 bridgehead atoms. The SMILES string of the molecule is [2H]c1c([2H])c(C([2H])([2H])[2H])c([2H])c([2H])c1-c1ccnc(-c2cc(-c3cccc4c3nc(-c3cc(C(C([2H])([2H])[2H])(C([2H])([2H])[2H])C([2H])([2H])[2H])cc(C(C([2H])([2H])[2H])(C([2H])([2H])[2H])C([2H])([2H])[2H])c3O)n4-c3ccc(-c4cc(C([2H])(C)C)cc(C([2H])(C)C)c4)cc3C([2H])([2H])[2H])cc(C(C)(C)C)c2)c1. The highest BCUT2D eigenvalue weighted by atomic mass is 16.3. The van der Waals surface area contributed by atoms with Crippen molar-refractivity contribution in [1.29, 1.82) is 0 Å². The van der Waals surface area contributed by atoms with Crippen molar-refractivity contribution in [3.05, 3.63) is 166 Å². The first-order valence-electron chi connectivity index (χ1n) is 36.1. The highest BCUT2D eigenvalue weighted by molar-refractivity contribution is 5.97. The Bertz CT molecular complexity index is 4230. The van der Waals surface area contributed by atoms with Gasteiger partial charge >= 0.3 is 0 Å². The third-order valence-corrected chi connectivity index (χ3v) is 11.6. The number of phenolic OH excluding ortho intramolecular Hbond substituents is 1. The fraction of sp³-hybridized carbons (Fsp3) is 0.323. The number of nitrogens with zero attached hydrogens (tertiary/aromatic N) is 3. The number of pyridine rings is 1. The second kappa shape index (κ2) is 17.2.